The molecule has 4 heterocycles. The normalized spacial score (nSPS) is 24.9. The zero-order valence-corrected chi connectivity index (χ0v) is 16.3. The van der Waals surface area contributed by atoms with E-state index in [2.05, 4.69) is 43.9 Å². The van der Waals surface area contributed by atoms with Crippen LogP contribution in [0, 0.1) is 0 Å². The molecule has 0 unspecified atom stereocenters. The number of hydrogen-bond acceptors (Lipinski definition) is 5. The van der Waals surface area contributed by atoms with Gasteiger partial charge in [-0.3, -0.25) is 9.88 Å². The molecule has 2 aromatic rings. The number of rotatable bonds is 6. The standard InChI is InChI=1S/C21H31N5O/c1-2-26-13-10-23-21(26)20-19(6-4-14-27-20)24-18-7-11-25(12-8-18)16-17-5-3-9-22-15-17/h3,5,9-10,13,15,18-20,24H,2,4,6-8,11-12,14,16H2,1H3/t19-,20-/m0/s1. The second-order valence-corrected chi connectivity index (χ2v) is 7.69. The number of aromatic nitrogens is 3. The molecule has 6 heteroatoms. The fourth-order valence-corrected chi connectivity index (χ4v) is 4.36. The summed E-state index contributed by atoms with van der Waals surface area (Å²) in [7, 11) is 0. The minimum Gasteiger partial charge on any atom is -0.369 e. The predicted molar refractivity (Wildman–Crippen MR) is 105 cm³/mol. The fraction of sp³-hybridized carbons (Fsp3) is 0.619. The Hall–Kier alpha value is -1.76. The second-order valence-electron chi connectivity index (χ2n) is 7.69. The van der Waals surface area contributed by atoms with Gasteiger partial charge in [-0.15, -0.1) is 0 Å². The van der Waals surface area contributed by atoms with E-state index in [9.17, 15) is 0 Å². The highest BCUT2D eigenvalue weighted by molar-refractivity contribution is 5.08. The van der Waals surface area contributed by atoms with Crippen molar-refractivity contribution < 1.29 is 4.74 Å². The van der Waals surface area contributed by atoms with E-state index in [4.69, 9.17) is 4.74 Å². The number of pyridine rings is 1. The van der Waals surface area contributed by atoms with Crippen LogP contribution in [-0.4, -0.2) is 51.2 Å². The predicted octanol–water partition coefficient (Wildman–Crippen LogP) is 2.77. The van der Waals surface area contributed by atoms with Gasteiger partial charge in [-0.05, 0) is 57.3 Å². The lowest BCUT2D eigenvalue weighted by Gasteiger charge is -2.38. The molecule has 4 rings (SSSR count). The fourth-order valence-electron chi connectivity index (χ4n) is 4.36. The number of nitrogens with zero attached hydrogens (tertiary/aromatic N) is 4. The summed E-state index contributed by atoms with van der Waals surface area (Å²) >= 11 is 0. The SMILES string of the molecule is CCn1ccnc1[C@H]1OCCC[C@@H]1NC1CCN(Cc2cccnc2)CC1. The average Bonchev–Trinajstić information content (AvgIpc) is 3.19. The zero-order chi connectivity index (χ0) is 18.5. The molecule has 6 nitrogen and oxygen atoms in total. The molecule has 2 aliphatic rings. The first-order valence-corrected chi connectivity index (χ1v) is 10.3. The van der Waals surface area contributed by atoms with Crippen LogP contribution >= 0.6 is 0 Å². The summed E-state index contributed by atoms with van der Waals surface area (Å²) in [4.78, 5) is 11.4. The van der Waals surface area contributed by atoms with Crippen LogP contribution in [0.4, 0.5) is 0 Å². The third kappa shape index (κ3) is 4.57. The van der Waals surface area contributed by atoms with Gasteiger partial charge in [-0.2, -0.15) is 0 Å². The van der Waals surface area contributed by atoms with Crippen LogP contribution in [0.5, 0.6) is 0 Å². The molecule has 1 N–H and O–H groups in total. The summed E-state index contributed by atoms with van der Waals surface area (Å²) in [5.41, 5.74) is 1.30. The van der Waals surface area contributed by atoms with Gasteiger partial charge >= 0.3 is 0 Å². The van der Waals surface area contributed by atoms with Crippen LogP contribution in [0.2, 0.25) is 0 Å². The van der Waals surface area contributed by atoms with E-state index in [0.29, 0.717) is 12.1 Å². The molecule has 0 aromatic carbocycles. The van der Waals surface area contributed by atoms with Crippen molar-refractivity contribution in [1.29, 1.82) is 0 Å². The van der Waals surface area contributed by atoms with Gasteiger partial charge in [0.1, 0.15) is 11.9 Å². The first-order valence-electron chi connectivity index (χ1n) is 10.3. The van der Waals surface area contributed by atoms with E-state index in [1.807, 2.05) is 24.7 Å². The monoisotopic (exact) mass is 369 g/mol. The molecule has 0 aliphatic carbocycles. The summed E-state index contributed by atoms with van der Waals surface area (Å²) in [6.45, 7) is 7.21. The van der Waals surface area contributed by atoms with Gasteiger partial charge < -0.3 is 14.6 Å². The highest BCUT2D eigenvalue weighted by Gasteiger charge is 2.32. The van der Waals surface area contributed by atoms with E-state index in [1.165, 1.54) is 18.4 Å². The van der Waals surface area contributed by atoms with Gasteiger partial charge in [0.25, 0.3) is 0 Å². The third-order valence-corrected chi connectivity index (χ3v) is 5.83. The molecule has 2 saturated heterocycles. The van der Waals surface area contributed by atoms with Crippen LogP contribution in [-0.2, 0) is 17.8 Å². The van der Waals surface area contributed by atoms with Crippen LogP contribution in [0.3, 0.4) is 0 Å². The average molecular weight is 370 g/mol. The molecule has 0 bridgehead atoms. The van der Waals surface area contributed by atoms with Gasteiger partial charge in [-0.1, -0.05) is 6.07 Å². The van der Waals surface area contributed by atoms with Crippen molar-refractivity contribution in [1.82, 2.24) is 24.8 Å². The highest BCUT2D eigenvalue weighted by atomic mass is 16.5. The first kappa shape index (κ1) is 18.6. The Morgan fingerprint density at radius 1 is 1.22 bits per heavy atom. The van der Waals surface area contributed by atoms with Crippen molar-refractivity contribution in [3.05, 3.63) is 48.3 Å². The smallest absolute Gasteiger partial charge is 0.139 e. The number of imidazole rings is 1. The molecule has 0 spiro atoms. The van der Waals surface area contributed by atoms with Crippen molar-refractivity contribution in [3.63, 3.8) is 0 Å². The van der Waals surface area contributed by atoms with Crippen LogP contribution < -0.4 is 5.32 Å². The van der Waals surface area contributed by atoms with E-state index in [1.54, 1.807) is 0 Å². The Morgan fingerprint density at radius 3 is 2.89 bits per heavy atom. The van der Waals surface area contributed by atoms with Crippen molar-refractivity contribution >= 4 is 0 Å². The Labute approximate surface area is 162 Å². The van der Waals surface area contributed by atoms with Crippen LogP contribution in [0.25, 0.3) is 0 Å². The summed E-state index contributed by atoms with van der Waals surface area (Å²) < 4.78 is 8.37. The first-order chi connectivity index (χ1) is 13.3. The number of nitrogens with one attached hydrogen (secondary N) is 1. The molecule has 2 aromatic heterocycles. The lowest BCUT2D eigenvalue weighted by Crippen LogP contribution is -2.49. The second kappa shape index (κ2) is 8.95. The topological polar surface area (TPSA) is 55.2 Å². The summed E-state index contributed by atoms with van der Waals surface area (Å²) in [6.07, 6.45) is 12.5. The molecule has 2 aliphatic heterocycles. The van der Waals surface area contributed by atoms with E-state index in [0.717, 1.165) is 51.5 Å². The number of hydrogen-bond donors (Lipinski definition) is 1. The van der Waals surface area contributed by atoms with E-state index < -0.39 is 0 Å². The number of likely N-dealkylation sites (tertiary alicyclic amines) is 1. The summed E-state index contributed by atoms with van der Waals surface area (Å²) in [5, 5.41) is 3.91. The molecule has 27 heavy (non-hydrogen) atoms. The minimum absolute atomic E-state index is 0.0714. The van der Waals surface area contributed by atoms with Crippen molar-refractivity contribution in [2.45, 2.75) is 63.9 Å². The van der Waals surface area contributed by atoms with E-state index >= 15 is 0 Å². The minimum atomic E-state index is 0.0714. The molecular weight excluding hydrogens is 338 g/mol. The Kier molecular flexibility index (Phi) is 6.17. The zero-order valence-electron chi connectivity index (χ0n) is 16.3. The van der Waals surface area contributed by atoms with Crippen molar-refractivity contribution in [2.75, 3.05) is 19.7 Å². The lowest BCUT2D eigenvalue weighted by molar-refractivity contribution is -0.0230. The molecule has 146 valence electrons. The van der Waals surface area contributed by atoms with Crippen molar-refractivity contribution in [2.24, 2.45) is 0 Å². The Balaban J connectivity index is 1.32. The van der Waals surface area contributed by atoms with Gasteiger partial charge in [0.2, 0.25) is 0 Å². The van der Waals surface area contributed by atoms with Gasteiger partial charge in [-0.25, -0.2) is 4.98 Å². The maximum Gasteiger partial charge on any atom is 0.139 e. The quantitative estimate of drug-likeness (QED) is 0.849. The largest absolute Gasteiger partial charge is 0.369 e. The third-order valence-electron chi connectivity index (χ3n) is 5.83. The van der Waals surface area contributed by atoms with Crippen LogP contribution in [0.15, 0.2) is 36.9 Å². The highest BCUT2D eigenvalue weighted by Crippen LogP contribution is 2.29. The molecule has 0 radical (unpaired) electrons. The lowest BCUT2D eigenvalue weighted by atomic mass is 9.97. The molecular formula is C21H31N5O. The van der Waals surface area contributed by atoms with Crippen molar-refractivity contribution in [3.8, 4) is 0 Å². The molecule has 2 atom stereocenters. The Bertz CT molecular complexity index is 696. The van der Waals surface area contributed by atoms with Gasteiger partial charge in [0, 0.05) is 56.6 Å². The molecule has 0 saturated carbocycles. The molecule has 0 amide bonds. The summed E-state index contributed by atoms with van der Waals surface area (Å²) in [6, 6.07) is 5.11. The maximum atomic E-state index is 6.16. The number of ether oxygens (including phenoxy) is 1. The maximum absolute atomic E-state index is 6.16. The summed E-state index contributed by atoms with van der Waals surface area (Å²) in [5.74, 6) is 1.07. The molecule has 2 fully saturated rings. The van der Waals surface area contributed by atoms with Gasteiger partial charge in [0.15, 0.2) is 0 Å². The van der Waals surface area contributed by atoms with E-state index in [-0.39, 0.29) is 6.10 Å². The Morgan fingerprint density at radius 2 is 2.11 bits per heavy atom. The number of piperidine rings is 1. The van der Waals surface area contributed by atoms with Gasteiger partial charge in [0.05, 0.1) is 0 Å². The van der Waals surface area contributed by atoms with Crippen LogP contribution in [0.1, 0.15) is 50.1 Å². The number of aryl methyl sites for hydroxylation is 1.